The zero-order chi connectivity index (χ0) is 14.4. The molecule has 106 valence electrons. The third-order valence-electron chi connectivity index (χ3n) is 2.26. The van der Waals surface area contributed by atoms with E-state index in [2.05, 4.69) is 20.4 Å². The second-order valence-electron chi connectivity index (χ2n) is 3.55. The van der Waals surface area contributed by atoms with Crippen molar-refractivity contribution < 1.29 is 14.2 Å². The summed E-state index contributed by atoms with van der Waals surface area (Å²) in [5.74, 6) is 6.50. The molecule has 0 saturated carbocycles. The molecule has 0 atom stereocenters. The quantitative estimate of drug-likeness (QED) is 0.602. The first-order valence-corrected chi connectivity index (χ1v) is 5.93. The van der Waals surface area contributed by atoms with Crippen LogP contribution in [0.3, 0.4) is 0 Å². The van der Waals surface area contributed by atoms with Gasteiger partial charge in [-0.1, -0.05) is 12.1 Å². The van der Waals surface area contributed by atoms with Gasteiger partial charge in [-0.25, -0.2) is 5.84 Å². The summed E-state index contributed by atoms with van der Waals surface area (Å²) >= 11 is 0. The Bertz CT molecular complexity index is 557. The first-order chi connectivity index (χ1) is 9.76. The van der Waals surface area contributed by atoms with Crippen LogP contribution in [0.1, 0.15) is 6.92 Å². The van der Waals surface area contributed by atoms with Crippen molar-refractivity contribution >= 4 is 5.95 Å². The van der Waals surface area contributed by atoms with Crippen LogP contribution in [0, 0.1) is 0 Å². The highest BCUT2D eigenvalue weighted by atomic mass is 16.5. The van der Waals surface area contributed by atoms with Gasteiger partial charge in [-0.15, -0.1) is 4.98 Å². The molecule has 3 N–H and O–H groups in total. The number of nitrogen functional groups attached to an aromatic ring is 1. The Balaban J connectivity index is 2.29. The van der Waals surface area contributed by atoms with E-state index in [1.165, 1.54) is 7.11 Å². The molecule has 1 aromatic carbocycles. The minimum Gasteiger partial charge on any atom is -0.490 e. The van der Waals surface area contributed by atoms with Gasteiger partial charge in [0, 0.05) is 0 Å². The molecular weight excluding hydrogens is 262 g/mol. The largest absolute Gasteiger partial charge is 0.490 e. The Morgan fingerprint density at radius 3 is 2.45 bits per heavy atom. The van der Waals surface area contributed by atoms with E-state index in [-0.39, 0.29) is 18.0 Å². The minimum atomic E-state index is 0.0527. The van der Waals surface area contributed by atoms with Crippen molar-refractivity contribution in [2.45, 2.75) is 6.92 Å². The third-order valence-corrected chi connectivity index (χ3v) is 2.26. The number of hydrogen-bond acceptors (Lipinski definition) is 8. The average Bonchev–Trinajstić information content (AvgIpc) is 2.49. The van der Waals surface area contributed by atoms with Gasteiger partial charge in [0.2, 0.25) is 5.95 Å². The zero-order valence-corrected chi connectivity index (χ0v) is 11.2. The summed E-state index contributed by atoms with van der Waals surface area (Å²) in [6.07, 6.45) is 0. The Morgan fingerprint density at radius 1 is 1.10 bits per heavy atom. The Morgan fingerprint density at radius 2 is 1.80 bits per heavy atom. The molecule has 8 nitrogen and oxygen atoms in total. The lowest BCUT2D eigenvalue weighted by atomic mass is 10.3. The number of nitrogens with zero attached hydrogens (tertiary/aromatic N) is 3. The molecule has 1 aromatic heterocycles. The number of para-hydroxylation sites is 2. The van der Waals surface area contributed by atoms with Crippen LogP contribution in [0.5, 0.6) is 23.5 Å². The average molecular weight is 277 g/mol. The number of anilines is 1. The molecule has 0 aliphatic heterocycles. The lowest BCUT2D eigenvalue weighted by Crippen LogP contribution is -2.12. The van der Waals surface area contributed by atoms with Crippen LogP contribution in [-0.2, 0) is 0 Å². The van der Waals surface area contributed by atoms with Crippen molar-refractivity contribution in [2.75, 3.05) is 19.1 Å². The first kappa shape index (κ1) is 13.8. The maximum absolute atomic E-state index is 5.58. The van der Waals surface area contributed by atoms with Crippen LogP contribution in [0.25, 0.3) is 0 Å². The number of nitrogens with one attached hydrogen (secondary N) is 1. The number of benzene rings is 1. The maximum Gasteiger partial charge on any atom is 0.330 e. The normalized spacial score (nSPS) is 9.95. The molecule has 0 fully saturated rings. The lowest BCUT2D eigenvalue weighted by molar-refractivity contribution is 0.313. The van der Waals surface area contributed by atoms with Gasteiger partial charge < -0.3 is 14.2 Å². The monoisotopic (exact) mass is 277 g/mol. The molecule has 0 radical (unpaired) electrons. The second-order valence-corrected chi connectivity index (χ2v) is 3.55. The van der Waals surface area contributed by atoms with Crippen molar-refractivity contribution in [3.63, 3.8) is 0 Å². The highest BCUT2D eigenvalue weighted by molar-refractivity contribution is 5.41. The van der Waals surface area contributed by atoms with Crippen LogP contribution >= 0.6 is 0 Å². The van der Waals surface area contributed by atoms with Crippen molar-refractivity contribution in [3.8, 4) is 23.5 Å². The fourth-order valence-corrected chi connectivity index (χ4v) is 1.45. The summed E-state index contributed by atoms with van der Waals surface area (Å²) in [6, 6.07) is 7.35. The molecule has 2 aromatic rings. The summed E-state index contributed by atoms with van der Waals surface area (Å²) in [7, 11) is 1.44. The number of rotatable bonds is 6. The molecule has 8 heteroatoms. The lowest BCUT2D eigenvalue weighted by Gasteiger charge is -2.10. The molecule has 0 aliphatic rings. The van der Waals surface area contributed by atoms with Gasteiger partial charge in [0.1, 0.15) is 0 Å². The van der Waals surface area contributed by atoms with Crippen molar-refractivity contribution in [1.82, 2.24) is 15.0 Å². The van der Waals surface area contributed by atoms with E-state index in [1.807, 2.05) is 19.1 Å². The van der Waals surface area contributed by atoms with E-state index in [9.17, 15) is 0 Å². The summed E-state index contributed by atoms with van der Waals surface area (Å²) in [5, 5.41) is 0. The van der Waals surface area contributed by atoms with Crippen LogP contribution < -0.4 is 25.5 Å². The summed E-state index contributed by atoms with van der Waals surface area (Å²) in [5.41, 5.74) is 2.31. The van der Waals surface area contributed by atoms with Crippen molar-refractivity contribution in [3.05, 3.63) is 24.3 Å². The van der Waals surface area contributed by atoms with Crippen LogP contribution in [-0.4, -0.2) is 28.7 Å². The standard InChI is InChI=1S/C12H15N5O3/c1-3-19-8-6-4-5-7-9(8)20-12-15-10(17-13)14-11(16-12)18-2/h4-7H,3,13H2,1-2H3,(H,14,15,16,17). The van der Waals surface area contributed by atoms with Gasteiger partial charge in [-0.3, -0.25) is 5.43 Å². The first-order valence-electron chi connectivity index (χ1n) is 5.93. The van der Waals surface area contributed by atoms with Gasteiger partial charge in [0.25, 0.3) is 0 Å². The van der Waals surface area contributed by atoms with E-state index in [0.29, 0.717) is 18.1 Å². The molecule has 0 unspecified atom stereocenters. The number of hydrazine groups is 1. The highest BCUT2D eigenvalue weighted by Gasteiger charge is 2.11. The molecule has 0 amide bonds. The predicted molar refractivity (Wildman–Crippen MR) is 71.9 cm³/mol. The maximum atomic E-state index is 5.58. The van der Waals surface area contributed by atoms with E-state index >= 15 is 0 Å². The Hall–Kier alpha value is -2.61. The molecule has 0 aliphatic carbocycles. The van der Waals surface area contributed by atoms with Gasteiger partial charge in [0.15, 0.2) is 11.5 Å². The summed E-state index contributed by atoms with van der Waals surface area (Å²) in [6.45, 7) is 2.41. The molecule has 0 saturated heterocycles. The fourth-order valence-electron chi connectivity index (χ4n) is 1.45. The number of hydrogen-bond donors (Lipinski definition) is 2. The Labute approximate surface area is 115 Å². The fraction of sp³-hybridized carbons (Fsp3) is 0.250. The molecule has 0 spiro atoms. The molecule has 20 heavy (non-hydrogen) atoms. The second kappa shape index (κ2) is 6.53. The van der Waals surface area contributed by atoms with Crippen LogP contribution in [0.4, 0.5) is 5.95 Å². The molecule has 2 rings (SSSR count). The van der Waals surface area contributed by atoms with Gasteiger partial charge in [-0.2, -0.15) is 9.97 Å². The third kappa shape index (κ3) is 3.23. The van der Waals surface area contributed by atoms with Gasteiger partial charge in [0.05, 0.1) is 13.7 Å². The van der Waals surface area contributed by atoms with Crippen LogP contribution in [0.15, 0.2) is 24.3 Å². The van der Waals surface area contributed by atoms with Crippen molar-refractivity contribution in [1.29, 1.82) is 0 Å². The van der Waals surface area contributed by atoms with E-state index in [1.54, 1.807) is 12.1 Å². The van der Waals surface area contributed by atoms with E-state index in [4.69, 9.17) is 20.1 Å². The SMILES string of the molecule is CCOc1ccccc1Oc1nc(NN)nc(OC)n1. The molecule has 1 heterocycles. The van der Waals surface area contributed by atoms with Crippen LogP contribution in [0.2, 0.25) is 0 Å². The van der Waals surface area contributed by atoms with Gasteiger partial charge in [-0.05, 0) is 19.1 Å². The number of nitrogens with two attached hydrogens (primary N) is 1. The number of methoxy groups -OCH3 is 1. The van der Waals surface area contributed by atoms with Gasteiger partial charge >= 0.3 is 12.0 Å². The smallest absolute Gasteiger partial charge is 0.330 e. The van der Waals surface area contributed by atoms with E-state index in [0.717, 1.165) is 0 Å². The minimum absolute atomic E-state index is 0.0527. The highest BCUT2D eigenvalue weighted by Crippen LogP contribution is 2.30. The summed E-state index contributed by atoms with van der Waals surface area (Å²) < 4.78 is 16.0. The number of ether oxygens (including phenoxy) is 3. The summed E-state index contributed by atoms with van der Waals surface area (Å²) in [4.78, 5) is 11.8. The topological polar surface area (TPSA) is 104 Å². The number of aromatic nitrogens is 3. The molecular formula is C12H15N5O3. The molecule has 0 bridgehead atoms. The zero-order valence-electron chi connectivity index (χ0n) is 11.2. The Kier molecular flexibility index (Phi) is 4.51. The van der Waals surface area contributed by atoms with E-state index < -0.39 is 0 Å². The van der Waals surface area contributed by atoms with Crippen molar-refractivity contribution in [2.24, 2.45) is 5.84 Å². The predicted octanol–water partition coefficient (Wildman–Crippen LogP) is 1.36.